The van der Waals surface area contributed by atoms with Gasteiger partial charge in [0.05, 0.1) is 17.4 Å². The van der Waals surface area contributed by atoms with Crippen molar-refractivity contribution in [3.05, 3.63) is 35.4 Å². The number of nitrogens with two attached hydrogens (primary N) is 1. The summed E-state index contributed by atoms with van der Waals surface area (Å²) in [4.78, 5) is 0. The predicted octanol–water partition coefficient (Wildman–Crippen LogP) is 0.811. The monoisotopic (exact) mass is 279 g/mol. The van der Waals surface area contributed by atoms with Gasteiger partial charge in [-0.3, -0.25) is 0 Å². The topological polar surface area (TPSA) is 87.2 Å². The van der Waals surface area contributed by atoms with E-state index in [2.05, 4.69) is 0 Å². The van der Waals surface area contributed by atoms with Crippen molar-refractivity contribution < 1.29 is 8.42 Å². The Kier molecular flexibility index (Phi) is 4.20. The van der Waals surface area contributed by atoms with Crippen molar-refractivity contribution in [3.63, 3.8) is 0 Å². The van der Waals surface area contributed by atoms with Crippen LogP contribution in [0.5, 0.6) is 0 Å². The molecule has 1 aliphatic heterocycles. The van der Waals surface area contributed by atoms with E-state index in [1.807, 2.05) is 6.07 Å². The first-order chi connectivity index (χ1) is 9.01. The average molecular weight is 279 g/mol. The minimum Gasteiger partial charge on any atom is -0.327 e. The molecule has 1 saturated heterocycles. The summed E-state index contributed by atoms with van der Waals surface area (Å²) in [6.45, 7) is 0.925. The molecule has 0 radical (unpaired) electrons. The molecule has 6 heteroatoms. The Hall–Kier alpha value is -1.42. The zero-order valence-electron chi connectivity index (χ0n) is 10.6. The van der Waals surface area contributed by atoms with Gasteiger partial charge in [-0.05, 0) is 30.5 Å². The average Bonchev–Trinajstić information content (AvgIpc) is 2.38. The maximum atomic E-state index is 12.3. The highest BCUT2D eigenvalue weighted by atomic mass is 32.2. The first kappa shape index (κ1) is 14.0. The van der Waals surface area contributed by atoms with Gasteiger partial charge in [-0.25, -0.2) is 12.7 Å². The normalized spacial score (nSPS) is 20.9. The second-order valence-corrected chi connectivity index (χ2v) is 6.80. The van der Waals surface area contributed by atoms with Gasteiger partial charge in [-0.2, -0.15) is 5.26 Å². The highest BCUT2D eigenvalue weighted by molar-refractivity contribution is 7.88. The van der Waals surface area contributed by atoms with Gasteiger partial charge < -0.3 is 5.73 Å². The molecule has 1 aliphatic rings. The van der Waals surface area contributed by atoms with Crippen molar-refractivity contribution in [1.82, 2.24) is 4.31 Å². The lowest BCUT2D eigenvalue weighted by Crippen LogP contribution is -2.46. The number of sulfonamides is 1. The van der Waals surface area contributed by atoms with E-state index < -0.39 is 10.0 Å². The second-order valence-electron chi connectivity index (χ2n) is 4.83. The molecule has 0 saturated carbocycles. The van der Waals surface area contributed by atoms with Gasteiger partial charge in [-0.1, -0.05) is 12.1 Å². The largest absolute Gasteiger partial charge is 0.327 e. The van der Waals surface area contributed by atoms with Gasteiger partial charge in [0.2, 0.25) is 10.0 Å². The van der Waals surface area contributed by atoms with E-state index in [9.17, 15) is 8.42 Å². The molecule has 0 spiro atoms. The fraction of sp³-hybridized carbons (Fsp3) is 0.462. The minimum atomic E-state index is -3.35. The van der Waals surface area contributed by atoms with E-state index in [1.165, 1.54) is 4.31 Å². The third-order valence-electron chi connectivity index (χ3n) is 3.22. The molecule has 0 amide bonds. The van der Waals surface area contributed by atoms with Crippen LogP contribution in [0.4, 0.5) is 0 Å². The molecular formula is C13H17N3O2S. The van der Waals surface area contributed by atoms with E-state index in [-0.39, 0.29) is 11.8 Å². The molecule has 2 rings (SSSR count). The molecular weight excluding hydrogens is 262 g/mol. The van der Waals surface area contributed by atoms with Gasteiger partial charge >= 0.3 is 0 Å². The summed E-state index contributed by atoms with van der Waals surface area (Å²) >= 11 is 0. The number of hydrogen-bond donors (Lipinski definition) is 1. The minimum absolute atomic E-state index is 0.0742. The molecule has 19 heavy (non-hydrogen) atoms. The predicted molar refractivity (Wildman–Crippen MR) is 72.6 cm³/mol. The van der Waals surface area contributed by atoms with Gasteiger partial charge in [0.25, 0.3) is 0 Å². The van der Waals surface area contributed by atoms with Crippen LogP contribution in [0.15, 0.2) is 24.3 Å². The van der Waals surface area contributed by atoms with Crippen LogP contribution >= 0.6 is 0 Å². The molecule has 5 nitrogen and oxygen atoms in total. The smallest absolute Gasteiger partial charge is 0.218 e. The lowest BCUT2D eigenvalue weighted by atomic mass is 10.1. The molecule has 1 aromatic carbocycles. The molecule has 0 bridgehead atoms. The van der Waals surface area contributed by atoms with E-state index in [0.717, 1.165) is 12.8 Å². The molecule has 1 heterocycles. The van der Waals surface area contributed by atoms with Gasteiger partial charge in [0.1, 0.15) is 0 Å². The van der Waals surface area contributed by atoms with Crippen molar-refractivity contribution in [3.8, 4) is 6.07 Å². The number of piperidine rings is 1. The summed E-state index contributed by atoms with van der Waals surface area (Å²) in [6.07, 6.45) is 1.68. The summed E-state index contributed by atoms with van der Waals surface area (Å²) in [5, 5.41) is 8.82. The molecule has 1 atom stereocenters. The maximum absolute atomic E-state index is 12.3. The second kappa shape index (κ2) is 5.70. The number of nitrogens with zero attached hydrogens (tertiary/aromatic N) is 2. The fourth-order valence-electron chi connectivity index (χ4n) is 2.26. The molecule has 1 fully saturated rings. The zero-order valence-corrected chi connectivity index (χ0v) is 11.4. The van der Waals surface area contributed by atoms with Crippen LogP contribution in [0.3, 0.4) is 0 Å². The van der Waals surface area contributed by atoms with Crippen molar-refractivity contribution >= 4 is 10.0 Å². The molecule has 2 N–H and O–H groups in total. The van der Waals surface area contributed by atoms with Crippen LogP contribution in [0.1, 0.15) is 24.0 Å². The van der Waals surface area contributed by atoms with E-state index in [0.29, 0.717) is 24.2 Å². The quantitative estimate of drug-likeness (QED) is 0.887. The van der Waals surface area contributed by atoms with Gasteiger partial charge in [0, 0.05) is 19.1 Å². The van der Waals surface area contributed by atoms with Crippen LogP contribution in [0.25, 0.3) is 0 Å². The zero-order chi connectivity index (χ0) is 13.9. The van der Waals surface area contributed by atoms with E-state index >= 15 is 0 Å². The van der Waals surface area contributed by atoms with Crippen LogP contribution in [-0.4, -0.2) is 31.9 Å². The summed E-state index contributed by atoms with van der Waals surface area (Å²) in [5.74, 6) is -0.0742. The third-order valence-corrected chi connectivity index (χ3v) is 5.04. The van der Waals surface area contributed by atoms with Crippen LogP contribution in [0, 0.1) is 11.3 Å². The Morgan fingerprint density at radius 1 is 1.47 bits per heavy atom. The van der Waals surface area contributed by atoms with Gasteiger partial charge in [-0.15, -0.1) is 0 Å². The third kappa shape index (κ3) is 3.53. The first-order valence-electron chi connectivity index (χ1n) is 6.24. The van der Waals surface area contributed by atoms with Crippen molar-refractivity contribution in [2.24, 2.45) is 5.73 Å². The Morgan fingerprint density at radius 2 is 2.26 bits per heavy atom. The van der Waals surface area contributed by atoms with Crippen molar-refractivity contribution in [2.45, 2.75) is 24.6 Å². The van der Waals surface area contributed by atoms with Crippen molar-refractivity contribution in [1.29, 1.82) is 5.26 Å². The Balaban J connectivity index is 2.14. The summed E-state index contributed by atoms with van der Waals surface area (Å²) in [5.41, 5.74) is 6.92. The highest BCUT2D eigenvalue weighted by Crippen LogP contribution is 2.17. The maximum Gasteiger partial charge on any atom is 0.218 e. The SMILES string of the molecule is N#Cc1cccc(CS(=O)(=O)N2CCCC(N)C2)c1. The van der Waals surface area contributed by atoms with Gasteiger partial charge in [0.15, 0.2) is 0 Å². The van der Waals surface area contributed by atoms with E-state index in [1.54, 1.807) is 24.3 Å². The van der Waals surface area contributed by atoms with Crippen molar-refractivity contribution in [2.75, 3.05) is 13.1 Å². The number of hydrogen-bond acceptors (Lipinski definition) is 4. The fourth-order valence-corrected chi connectivity index (χ4v) is 3.87. The van der Waals surface area contributed by atoms with Crippen LogP contribution < -0.4 is 5.73 Å². The number of benzene rings is 1. The summed E-state index contributed by atoms with van der Waals surface area (Å²) in [7, 11) is -3.35. The summed E-state index contributed by atoms with van der Waals surface area (Å²) in [6, 6.07) is 8.63. The Bertz CT molecular complexity index is 592. The van der Waals surface area contributed by atoms with E-state index in [4.69, 9.17) is 11.0 Å². The Labute approximate surface area is 113 Å². The Morgan fingerprint density at radius 3 is 2.95 bits per heavy atom. The molecule has 102 valence electrons. The molecule has 1 aromatic rings. The highest BCUT2D eigenvalue weighted by Gasteiger charge is 2.27. The number of rotatable bonds is 3. The first-order valence-corrected chi connectivity index (χ1v) is 7.84. The standard InChI is InChI=1S/C13H17N3O2S/c14-8-11-3-1-4-12(7-11)10-19(17,18)16-6-2-5-13(15)9-16/h1,3-4,7,13H,2,5-6,9-10,15H2. The molecule has 1 unspecified atom stereocenters. The molecule has 0 aromatic heterocycles. The van der Waals surface area contributed by atoms with Crippen LogP contribution in [-0.2, 0) is 15.8 Å². The lowest BCUT2D eigenvalue weighted by Gasteiger charge is -2.29. The summed E-state index contributed by atoms with van der Waals surface area (Å²) < 4.78 is 26.0. The lowest BCUT2D eigenvalue weighted by molar-refractivity contribution is 0.316. The van der Waals surface area contributed by atoms with Crippen LogP contribution in [0.2, 0.25) is 0 Å². The molecule has 0 aliphatic carbocycles. The number of nitriles is 1.